The molecule has 1 aromatic carbocycles. The summed E-state index contributed by atoms with van der Waals surface area (Å²) in [5, 5.41) is 13.3. The van der Waals surface area contributed by atoms with E-state index in [0.29, 0.717) is 16.1 Å². The highest BCUT2D eigenvalue weighted by Crippen LogP contribution is 2.45. The highest BCUT2D eigenvalue weighted by atomic mass is 32.1. The molecule has 1 aliphatic heterocycles. The normalized spacial score (nSPS) is 17.8. The molecule has 0 spiro atoms. The van der Waals surface area contributed by atoms with Crippen LogP contribution < -0.4 is 4.90 Å². The molecule has 1 aliphatic rings. The van der Waals surface area contributed by atoms with Crippen molar-refractivity contribution < 1.29 is 24.2 Å². The number of benzene rings is 1. The Bertz CT molecular complexity index is 1270. The Kier molecular flexibility index (Phi) is 5.70. The third-order valence-corrected chi connectivity index (χ3v) is 7.33. The van der Waals surface area contributed by atoms with Crippen LogP contribution in [0.5, 0.6) is 0 Å². The molecule has 0 bridgehead atoms. The number of aromatic nitrogens is 1. The number of rotatable bonds is 4. The van der Waals surface area contributed by atoms with Gasteiger partial charge in [-0.25, -0.2) is 9.78 Å². The fourth-order valence-corrected chi connectivity index (χ4v) is 5.48. The van der Waals surface area contributed by atoms with Gasteiger partial charge in [0.2, 0.25) is 0 Å². The third-order valence-electron chi connectivity index (χ3n) is 5.27. The molecular weight excluding hydrogens is 448 g/mol. The van der Waals surface area contributed by atoms with Crippen molar-refractivity contribution >= 4 is 51.2 Å². The summed E-state index contributed by atoms with van der Waals surface area (Å²) in [6.45, 7) is 5.36. The van der Waals surface area contributed by atoms with Crippen molar-refractivity contribution in [3.8, 4) is 0 Å². The first-order valence-electron chi connectivity index (χ1n) is 9.72. The number of nitrogens with zero attached hydrogens (tertiary/aromatic N) is 2. The summed E-state index contributed by atoms with van der Waals surface area (Å²) in [7, 11) is 1.27. The Balaban J connectivity index is 1.94. The Hall–Kier alpha value is -3.30. The molecule has 1 atom stereocenters. The van der Waals surface area contributed by atoms with Crippen LogP contribution in [0.1, 0.15) is 43.0 Å². The van der Waals surface area contributed by atoms with E-state index in [0.717, 1.165) is 22.5 Å². The lowest BCUT2D eigenvalue weighted by Gasteiger charge is -2.21. The summed E-state index contributed by atoms with van der Waals surface area (Å²) in [6.07, 6.45) is 0. The van der Waals surface area contributed by atoms with Gasteiger partial charge in [0.1, 0.15) is 16.7 Å². The summed E-state index contributed by atoms with van der Waals surface area (Å²) >= 11 is 2.34. The van der Waals surface area contributed by atoms with E-state index in [9.17, 15) is 19.5 Å². The maximum atomic E-state index is 13.2. The molecule has 4 rings (SSSR count). The monoisotopic (exact) mass is 468 g/mol. The predicted molar refractivity (Wildman–Crippen MR) is 123 cm³/mol. The zero-order chi connectivity index (χ0) is 23.2. The van der Waals surface area contributed by atoms with E-state index >= 15 is 0 Å². The van der Waals surface area contributed by atoms with Crippen molar-refractivity contribution in [1.29, 1.82) is 0 Å². The molecule has 9 heteroatoms. The molecule has 1 N–H and O–H groups in total. The summed E-state index contributed by atoms with van der Waals surface area (Å²) < 4.78 is 4.80. The molecular formula is C23H20N2O5S2. The summed E-state index contributed by atoms with van der Waals surface area (Å²) in [5.41, 5.74) is 2.59. The van der Waals surface area contributed by atoms with Gasteiger partial charge in [0.25, 0.3) is 5.78 Å². The van der Waals surface area contributed by atoms with E-state index in [4.69, 9.17) is 4.74 Å². The average molecular weight is 469 g/mol. The lowest BCUT2D eigenvalue weighted by Crippen LogP contribution is -2.29. The Morgan fingerprint density at radius 2 is 1.94 bits per heavy atom. The molecule has 0 saturated carbocycles. The van der Waals surface area contributed by atoms with Crippen molar-refractivity contribution in [3.05, 3.63) is 73.4 Å². The first-order valence-corrected chi connectivity index (χ1v) is 11.4. The van der Waals surface area contributed by atoms with Crippen LogP contribution in [0.3, 0.4) is 0 Å². The maximum Gasteiger partial charge on any atom is 0.350 e. The molecule has 0 aliphatic carbocycles. The fourth-order valence-electron chi connectivity index (χ4n) is 3.65. The first kappa shape index (κ1) is 21.9. The SMILES string of the molecule is COC(=O)c1sc(N2C(=O)C(=O)/C(=C(/O)c3cc(C)ccc3C)C2c2cccs2)nc1C. The van der Waals surface area contributed by atoms with Crippen LogP contribution in [-0.2, 0) is 14.3 Å². The van der Waals surface area contributed by atoms with Crippen molar-refractivity contribution in [2.75, 3.05) is 12.0 Å². The largest absolute Gasteiger partial charge is 0.507 e. The molecule has 1 saturated heterocycles. The Morgan fingerprint density at radius 3 is 2.59 bits per heavy atom. The topological polar surface area (TPSA) is 96.8 Å². The van der Waals surface area contributed by atoms with Gasteiger partial charge in [0, 0.05) is 10.4 Å². The van der Waals surface area contributed by atoms with Gasteiger partial charge in [-0.3, -0.25) is 14.5 Å². The molecule has 7 nitrogen and oxygen atoms in total. The molecule has 1 unspecified atom stereocenters. The quantitative estimate of drug-likeness (QED) is 0.261. The number of esters is 1. The number of thiophene rings is 1. The second-order valence-electron chi connectivity index (χ2n) is 7.41. The molecule has 3 aromatic rings. The van der Waals surface area contributed by atoms with E-state index in [2.05, 4.69) is 4.98 Å². The van der Waals surface area contributed by atoms with E-state index < -0.39 is 23.7 Å². The number of anilines is 1. The molecule has 1 amide bonds. The smallest absolute Gasteiger partial charge is 0.350 e. The second-order valence-corrected chi connectivity index (χ2v) is 9.36. The summed E-state index contributed by atoms with van der Waals surface area (Å²) in [6, 6.07) is 8.30. The van der Waals surface area contributed by atoms with Gasteiger partial charge in [0.05, 0.1) is 18.4 Å². The second kappa shape index (κ2) is 8.33. The van der Waals surface area contributed by atoms with Crippen LogP contribution in [0.25, 0.3) is 5.76 Å². The number of carbonyl (C=O) groups is 3. The standard InChI is InChI=1S/C23H20N2O5S2/c1-11-7-8-12(2)14(10-11)18(26)16-17(15-6-5-9-31-15)25(21(28)19(16)27)23-24-13(3)20(32-23)22(29)30-4/h5-10,17,26H,1-4H3/b18-16+. The van der Waals surface area contributed by atoms with E-state index in [1.807, 2.05) is 37.4 Å². The molecule has 2 aromatic heterocycles. The van der Waals surface area contributed by atoms with Crippen molar-refractivity contribution in [1.82, 2.24) is 4.98 Å². The van der Waals surface area contributed by atoms with E-state index in [1.54, 1.807) is 19.1 Å². The number of hydrogen-bond acceptors (Lipinski definition) is 8. The number of methoxy groups -OCH3 is 1. The average Bonchev–Trinajstić information content (AvgIpc) is 3.48. The highest BCUT2D eigenvalue weighted by molar-refractivity contribution is 7.18. The van der Waals surface area contributed by atoms with Gasteiger partial charge in [-0.2, -0.15) is 0 Å². The summed E-state index contributed by atoms with van der Waals surface area (Å²) in [4.78, 5) is 45.0. The Labute approximate surface area is 192 Å². The van der Waals surface area contributed by atoms with E-state index in [-0.39, 0.29) is 21.3 Å². The predicted octanol–water partition coefficient (Wildman–Crippen LogP) is 4.54. The maximum absolute atomic E-state index is 13.2. The van der Waals surface area contributed by atoms with Gasteiger partial charge in [0.15, 0.2) is 5.13 Å². The van der Waals surface area contributed by atoms with Crippen LogP contribution in [0.15, 0.2) is 41.3 Å². The lowest BCUT2D eigenvalue weighted by molar-refractivity contribution is -0.132. The number of carbonyl (C=O) groups excluding carboxylic acids is 3. The van der Waals surface area contributed by atoms with Crippen LogP contribution in [0.4, 0.5) is 5.13 Å². The van der Waals surface area contributed by atoms with Crippen LogP contribution in [-0.4, -0.2) is 34.9 Å². The number of Topliss-reactive ketones (excluding diaryl/α,β-unsaturated/α-hetero) is 1. The number of aryl methyl sites for hydroxylation is 3. The Morgan fingerprint density at radius 1 is 1.19 bits per heavy atom. The lowest BCUT2D eigenvalue weighted by atomic mass is 9.96. The minimum atomic E-state index is -0.856. The molecule has 164 valence electrons. The number of ether oxygens (including phenoxy) is 1. The van der Waals surface area contributed by atoms with Crippen molar-refractivity contribution in [2.45, 2.75) is 26.8 Å². The third kappa shape index (κ3) is 3.53. The van der Waals surface area contributed by atoms with Crippen LogP contribution >= 0.6 is 22.7 Å². The van der Waals surface area contributed by atoms with Crippen molar-refractivity contribution in [2.24, 2.45) is 0 Å². The van der Waals surface area contributed by atoms with Gasteiger partial charge in [-0.1, -0.05) is 35.1 Å². The molecule has 3 heterocycles. The number of hydrogen-bond donors (Lipinski definition) is 1. The molecule has 0 radical (unpaired) electrons. The summed E-state index contributed by atoms with van der Waals surface area (Å²) in [5.74, 6) is -2.40. The minimum absolute atomic E-state index is 0.00128. The number of aliphatic hydroxyl groups is 1. The number of amides is 1. The number of ketones is 1. The van der Waals surface area contributed by atoms with Crippen LogP contribution in [0.2, 0.25) is 0 Å². The first-order chi connectivity index (χ1) is 15.2. The van der Waals surface area contributed by atoms with Crippen molar-refractivity contribution in [3.63, 3.8) is 0 Å². The van der Waals surface area contributed by atoms with Gasteiger partial charge >= 0.3 is 11.9 Å². The minimum Gasteiger partial charge on any atom is -0.507 e. The van der Waals surface area contributed by atoms with Gasteiger partial charge in [-0.15, -0.1) is 11.3 Å². The van der Waals surface area contributed by atoms with Crippen LogP contribution in [0, 0.1) is 20.8 Å². The van der Waals surface area contributed by atoms with E-state index in [1.165, 1.54) is 23.3 Å². The highest BCUT2D eigenvalue weighted by Gasteiger charge is 2.49. The van der Waals surface area contributed by atoms with Gasteiger partial charge in [-0.05, 0) is 43.8 Å². The van der Waals surface area contributed by atoms with Gasteiger partial charge < -0.3 is 9.84 Å². The zero-order valence-corrected chi connectivity index (χ0v) is 19.5. The zero-order valence-electron chi connectivity index (χ0n) is 17.8. The fraction of sp³-hybridized carbons (Fsp3) is 0.217. The number of aliphatic hydroxyl groups excluding tert-OH is 1. The number of thiazole rings is 1. The molecule has 32 heavy (non-hydrogen) atoms. The molecule has 1 fully saturated rings.